The molecule has 2 aliphatic rings. The molecule has 3 unspecified atom stereocenters. The number of aliphatic hydroxyl groups is 1. The maximum atomic E-state index is 11.8. The number of nitrogens with one attached hydrogen (secondary N) is 1. The molecule has 2 bridgehead atoms. The summed E-state index contributed by atoms with van der Waals surface area (Å²) in [5, 5.41) is 20.2. The Bertz CT molecular complexity index is 331. The van der Waals surface area contributed by atoms with E-state index in [1.165, 1.54) is 19.3 Å². The van der Waals surface area contributed by atoms with Crippen molar-refractivity contribution in [2.24, 2.45) is 17.8 Å². The fourth-order valence-corrected chi connectivity index (χ4v) is 3.50. The van der Waals surface area contributed by atoms with E-state index in [2.05, 4.69) is 5.32 Å². The summed E-state index contributed by atoms with van der Waals surface area (Å²) in [7, 11) is 0. The van der Waals surface area contributed by atoms with Gasteiger partial charge in [0.2, 0.25) is 5.91 Å². The Kier molecular flexibility index (Phi) is 4.22. The first-order valence-electron chi connectivity index (χ1n) is 6.73. The molecular weight excluding hydrogens is 234 g/mol. The number of hydrogen-bond acceptors (Lipinski definition) is 3. The fourth-order valence-electron chi connectivity index (χ4n) is 3.50. The summed E-state index contributed by atoms with van der Waals surface area (Å²) in [5.74, 6) is 0.633. The van der Waals surface area contributed by atoms with E-state index in [1.54, 1.807) is 0 Å². The van der Waals surface area contributed by atoms with E-state index in [9.17, 15) is 9.59 Å². The zero-order chi connectivity index (χ0) is 13.1. The molecule has 0 aromatic carbocycles. The molecule has 2 aliphatic carbocycles. The molecule has 5 heteroatoms. The molecule has 2 rings (SSSR count). The van der Waals surface area contributed by atoms with E-state index in [-0.39, 0.29) is 18.9 Å². The van der Waals surface area contributed by atoms with Gasteiger partial charge in [0.25, 0.3) is 0 Å². The van der Waals surface area contributed by atoms with Crippen LogP contribution in [0.25, 0.3) is 0 Å². The van der Waals surface area contributed by atoms with Crippen LogP contribution < -0.4 is 5.32 Å². The Hall–Kier alpha value is -1.10. The second-order valence-electron chi connectivity index (χ2n) is 5.61. The standard InChI is InChI=1S/C13H21NO4/c15-4-3-11(13(17)18)14-12(16)7-10-6-8-1-2-9(10)5-8/h8-11,15H,1-7H2,(H,14,16)(H,17,18)/t8?,9?,10?,11-/m1/s1. The molecule has 0 aromatic heterocycles. The van der Waals surface area contributed by atoms with E-state index >= 15 is 0 Å². The van der Waals surface area contributed by atoms with Gasteiger partial charge in [-0.1, -0.05) is 6.42 Å². The smallest absolute Gasteiger partial charge is 0.326 e. The van der Waals surface area contributed by atoms with Gasteiger partial charge < -0.3 is 15.5 Å². The van der Waals surface area contributed by atoms with Gasteiger partial charge in [0.05, 0.1) is 0 Å². The number of aliphatic hydroxyl groups excluding tert-OH is 1. The van der Waals surface area contributed by atoms with Gasteiger partial charge in [-0.25, -0.2) is 4.79 Å². The molecule has 5 nitrogen and oxygen atoms in total. The molecular formula is C13H21NO4. The lowest BCUT2D eigenvalue weighted by molar-refractivity contribution is -0.142. The quantitative estimate of drug-likeness (QED) is 0.654. The van der Waals surface area contributed by atoms with Crippen LogP contribution in [0.15, 0.2) is 0 Å². The molecule has 0 saturated heterocycles. The Morgan fingerprint density at radius 3 is 2.56 bits per heavy atom. The fraction of sp³-hybridized carbons (Fsp3) is 0.846. The highest BCUT2D eigenvalue weighted by atomic mass is 16.4. The van der Waals surface area contributed by atoms with Crippen molar-refractivity contribution in [1.29, 1.82) is 0 Å². The zero-order valence-electron chi connectivity index (χ0n) is 10.5. The number of carbonyl (C=O) groups is 2. The van der Waals surface area contributed by atoms with Crippen molar-refractivity contribution in [1.82, 2.24) is 5.32 Å². The van der Waals surface area contributed by atoms with Gasteiger partial charge in [-0.2, -0.15) is 0 Å². The number of rotatable bonds is 6. The largest absolute Gasteiger partial charge is 0.480 e. The lowest BCUT2D eigenvalue weighted by atomic mass is 9.86. The number of carbonyl (C=O) groups excluding carboxylic acids is 1. The summed E-state index contributed by atoms with van der Waals surface area (Å²) >= 11 is 0. The number of fused-ring (bicyclic) bond motifs is 2. The lowest BCUT2D eigenvalue weighted by Crippen LogP contribution is -2.42. The highest BCUT2D eigenvalue weighted by Gasteiger charge is 2.40. The zero-order valence-corrected chi connectivity index (χ0v) is 10.5. The average molecular weight is 255 g/mol. The molecule has 102 valence electrons. The highest BCUT2D eigenvalue weighted by Crippen LogP contribution is 2.49. The van der Waals surface area contributed by atoms with Crippen LogP contribution in [0.4, 0.5) is 0 Å². The van der Waals surface area contributed by atoms with Gasteiger partial charge in [0.15, 0.2) is 0 Å². The summed E-state index contributed by atoms with van der Waals surface area (Å²) in [6, 6.07) is -0.957. The summed E-state index contributed by atoms with van der Waals surface area (Å²) < 4.78 is 0. The van der Waals surface area contributed by atoms with Crippen LogP contribution in [0.3, 0.4) is 0 Å². The Morgan fingerprint density at radius 1 is 1.28 bits per heavy atom. The van der Waals surface area contributed by atoms with Crippen LogP contribution >= 0.6 is 0 Å². The number of carboxylic acid groups (broad SMARTS) is 1. The lowest BCUT2D eigenvalue weighted by Gasteiger charge is -2.22. The molecule has 2 fully saturated rings. The van der Waals surface area contributed by atoms with Crippen molar-refractivity contribution in [3.63, 3.8) is 0 Å². The SMILES string of the molecule is O=C(CC1CC2CCC1C2)N[C@H](CCO)C(=O)O. The predicted molar refractivity (Wildman–Crippen MR) is 64.8 cm³/mol. The third kappa shape index (κ3) is 3.02. The van der Waals surface area contributed by atoms with E-state index < -0.39 is 12.0 Å². The first kappa shape index (κ1) is 13.3. The molecule has 3 N–H and O–H groups in total. The van der Waals surface area contributed by atoms with Crippen LogP contribution in [0, 0.1) is 17.8 Å². The first-order chi connectivity index (χ1) is 8.60. The maximum absolute atomic E-state index is 11.8. The molecule has 0 spiro atoms. The van der Waals surface area contributed by atoms with E-state index in [1.807, 2.05) is 0 Å². The van der Waals surface area contributed by atoms with Crippen LogP contribution in [0.2, 0.25) is 0 Å². The van der Waals surface area contributed by atoms with Crippen molar-refractivity contribution in [3.05, 3.63) is 0 Å². The van der Waals surface area contributed by atoms with Gasteiger partial charge in [-0.05, 0) is 37.0 Å². The first-order valence-corrected chi connectivity index (χ1v) is 6.73. The van der Waals surface area contributed by atoms with Gasteiger partial charge in [0, 0.05) is 19.4 Å². The van der Waals surface area contributed by atoms with Crippen molar-refractivity contribution in [3.8, 4) is 0 Å². The third-order valence-corrected chi connectivity index (χ3v) is 4.38. The van der Waals surface area contributed by atoms with Crippen LogP contribution in [-0.2, 0) is 9.59 Å². The summed E-state index contributed by atoms with van der Waals surface area (Å²) in [6.07, 6.45) is 5.40. The Labute approximate surface area is 107 Å². The molecule has 0 heterocycles. The Balaban J connectivity index is 1.79. The second-order valence-corrected chi connectivity index (χ2v) is 5.61. The molecule has 2 saturated carbocycles. The van der Waals surface area contributed by atoms with E-state index in [0.29, 0.717) is 18.3 Å². The average Bonchev–Trinajstić information content (AvgIpc) is 2.90. The summed E-state index contributed by atoms with van der Waals surface area (Å²) in [5.41, 5.74) is 0. The van der Waals surface area contributed by atoms with Crippen LogP contribution in [0.1, 0.15) is 38.5 Å². The van der Waals surface area contributed by atoms with E-state index in [4.69, 9.17) is 10.2 Å². The van der Waals surface area contributed by atoms with Crippen molar-refractivity contribution in [2.75, 3.05) is 6.61 Å². The summed E-state index contributed by atoms with van der Waals surface area (Å²) in [6.45, 7) is -0.231. The van der Waals surface area contributed by atoms with Crippen LogP contribution in [0.5, 0.6) is 0 Å². The number of hydrogen-bond donors (Lipinski definition) is 3. The van der Waals surface area contributed by atoms with Crippen molar-refractivity contribution >= 4 is 11.9 Å². The van der Waals surface area contributed by atoms with Crippen LogP contribution in [-0.4, -0.2) is 34.7 Å². The number of aliphatic carboxylic acids is 1. The monoisotopic (exact) mass is 255 g/mol. The molecule has 0 radical (unpaired) electrons. The molecule has 0 aromatic rings. The summed E-state index contributed by atoms with van der Waals surface area (Å²) in [4.78, 5) is 22.7. The molecule has 18 heavy (non-hydrogen) atoms. The van der Waals surface area contributed by atoms with Gasteiger partial charge in [0.1, 0.15) is 6.04 Å². The minimum absolute atomic E-state index is 0.0673. The molecule has 0 aliphatic heterocycles. The predicted octanol–water partition coefficient (Wildman–Crippen LogP) is 0.764. The molecule has 4 atom stereocenters. The van der Waals surface area contributed by atoms with Gasteiger partial charge in [-0.15, -0.1) is 0 Å². The maximum Gasteiger partial charge on any atom is 0.326 e. The topological polar surface area (TPSA) is 86.6 Å². The minimum Gasteiger partial charge on any atom is -0.480 e. The minimum atomic E-state index is -1.08. The highest BCUT2D eigenvalue weighted by molar-refractivity contribution is 5.83. The van der Waals surface area contributed by atoms with E-state index in [0.717, 1.165) is 12.3 Å². The Morgan fingerprint density at radius 2 is 2.06 bits per heavy atom. The number of carboxylic acids is 1. The second kappa shape index (κ2) is 5.69. The third-order valence-electron chi connectivity index (χ3n) is 4.38. The van der Waals surface area contributed by atoms with Gasteiger partial charge in [-0.3, -0.25) is 4.79 Å². The normalized spacial score (nSPS) is 31.3. The van der Waals surface area contributed by atoms with Crippen molar-refractivity contribution in [2.45, 2.75) is 44.6 Å². The number of amides is 1. The molecule has 1 amide bonds. The van der Waals surface area contributed by atoms with Crippen molar-refractivity contribution < 1.29 is 19.8 Å². The van der Waals surface area contributed by atoms with Gasteiger partial charge >= 0.3 is 5.97 Å².